The van der Waals surface area contributed by atoms with Crippen molar-refractivity contribution in [1.82, 2.24) is 5.32 Å². The molecule has 2 heteroatoms. The standard InChI is InChI=1S/C4H5ClN/c5-4-1-2-6-3-4/h1-2,4H,3H2. The van der Waals surface area contributed by atoms with Crippen molar-refractivity contribution in [2.24, 2.45) is 0 Å². The van der Waals surface area contributed by atoms with E-state index in [0.29, 0.717) is 0 Å². The van der Waals surface area contributed by atoms with Crippen molar-refractivity contribution in [2.75, 3.05) is 6.54 Å². The molecule has 1 unspecified atom stereocenters. The Morgan fingerprint density at radius 2 is 2.67 bits per heavy atom. The van der Waals surface area contributed by atoms with Gasteiger partial charge in [0.2, 0.25) is 0 Å². The van der Waals surface area contributed by atoms with Crippen molar-refractivity contribution in [1.29, 1.82) is 0 Å². The molecule has 0 spiro atoms. The van der Waals surface area contributed by atoms with E-state index in [-0.39, 0.29) is 5.38 Å². The minimum absolute atomic E-state index is 0.171. The maximum Gasteiger partial charge on any atom is 0.0728 e. The van der Waals surface area contributed by atoms with E-state index < -0.39 is 0 Å². The first kappa shape index (κ1) is 4.00. The first-order valence-electron chi connectivity index (χ1n) is 1.87. The fourth-order valence-corrected chi connectivity index (χ4v) is 0.521. The summed E-state index contributed by atoms with van der Waals surface area (Å²) in [6, 6.07) is 0. The second-order valence-corrected chi connectivity index (χ2v) is 1.78. The van der Waals surface area contributed by atoms with Gasteiger partial charge >= 0.3 is 0 Å². The topological polar surface area (TPSA) is 14.1 Å². The largest absolute Gasteiger partial charge is 0.292 e. The van der Waals surface area contributed by atoms with Gasteiger partial charge in [-0.25, -0.2) is 0 Å². The van der Waals surface area contributed by atoms with Crippen LogP contribution >= 0.6 is 11.6 Å². The van der Waals surface area contributed by atoms with Gasteiger partial charge in [0.1, 0.15) is 0 Å². The van der Waals surface area contributed by atoms with Crippen LogP contribution in [-0.2, 0) is 0 Å². The normalized spacial score (nSPS) is 30.5. The van der Waals surface area contributed by atoms with Crippen LogP contribution in [0.1, 0.15) is 0 Å². The third kappa shape index (κ3) is 0.658. The van der Waals surface area contributed by atoms with Crippen molar-refractivity contribution in [3.8, 4) is 0 Å². The summed E-state index contributed by atoms with van der Waals surface area (Å²) in [6.45, 7) is 0.765. The zero-order chi connectivity index (χ0) is 4.41. The number of nitrogens with zero attached hydrogens (tertiary/aromatic N) is 1. The summed E-state index contributed by atoms with van der Waals surface area (Å²) in [6.07, 6.45) is 3.62. The molecule has 1 radical (unpaired) electrons. The SMILES string of the molecule is ClC1C=C[N]C1. The van der Waals surface area contributed by atoms with E-state index in [0.717, 1.165) is 6.54 Å². The molecular weight excluding hydrogens is 97.5 g/mol. The van der Waals surface area contributed by atoms with E-state index in [9.17, 15) is 0 Å². The van der Waals surface area contributed by atoms with E-state index in [4.69, 9.17) is 11.6 Å². The van der Waals surface area contributed by atoms with E-state index in [1.165, 1.54) is 0 Å². The highest BCUT2D eigenvalue weighted by atomic mass is 35.5. The molecule has 1 atom stereocenters. The summed E-state index contributed by atoms with van der Waals surface area (Å²) in [4.78, 5) is 0. The van der Waals surface area contributed by atoms with Gasteiger partial charge < -0.3 is 0 Å². The molecule has 0 aromatic rings. The van der Waals surface area contributed by atoms with Crippen LogP contribution in [0.5, 0.6) is 0 Å². The van der Waals surface area contributed by atoms with Crippen LogP contribution in [0.25, 0.3) is 0 Å². The van der Waals surface area contributed by atoms with Gasteiger partial charge in [0, 0.05) is 6.20 Å². The first-order valence-corrected chi connectivity index (χ1v) is 2.30. The molecule has 0 fully saturated rings. The predicted molar refractivity (Wildman–Crippen MR) is 25.8 cm³/mol. The molecule has 0 aromatic carbocycles. The number of alkyl halides is 1. The summed E-state index contributed by atoms with van der Waals surface area (Å²) < 4.78 is 0. The lowest BCUT2D eigenvalue weighted by Crippen LogP contribution is -2.00. The number of rotatable bonds is 0. The highest BCUT2D eigenvalue weighted by Gasteiger charge is 2.02. The summed E-state index contributed by atoms with van der Waals surface area (Å²) in [5.74, 6) is 0. The zero-order valence-electron chi connectivity index (χ0n) is 3.26. The van der Waals surface area contributed by atoms with Crippen LogP contribution in [0.2, 0.25) is 0 Å². The Balaban J connectivity index is 2.38. The maximum absolute atomic E-state index is 5.53. The average molecular weight is 103 g/mol. The Bertz CT molecular complexity index is 69.9. The zero-order valence-corrected chi connectivity index (χ0v) is 4.02. The second kappa shape index (κ2) is 1.52. The van der Waals surface area contributed by atoms with E-state index >= 15 is 0 Å². The van der Waals surface area contributed by atoms with E-state index in [1.54, 1.807) is 6.20 Å². The Morgan fingerprint density at radius 1 is 1.83 bits per heavy atom. The lowest BCUT2D eigenvalue weighted by Gasteiger charge is -1.86. The van der Waals surface area contributed by atoms with Crippen molar-refractivity contribution in [3.63, 3.8) is 0 Å². The van der Waals surface area contributed by atoms with Crippen molar-refractivity contribution < 1.29 is 0 Å². The summed E-state index contributed by atoms with van der Waals surface area (Å²) in [7, 11) is 0. The van der Waals surface area contributed by atoms with Gasteiger partial charge in [-0.15, -0.1) is 11.6 Å². The first-order chi connectivity index (χ1) is 2.89. The Kier molecular flexibility index (Phi) is 1.01. The molecule has 1 aliphatic rings. The maximum atomic E-state index is 5.53. The van der Waals surface area contributed by atoms with Gasteiger partial charge in [0.15, 0.2) is 0 Å². The molecule has 1 aliphatic heterocycles. The van der Waals surface area contributed by atoms with Gasteiger partial charge in [0.05, 0.1) is 11.9 Å². The van der Waals surface area contributed by atoms with E-state index in [2.05, 4.69) is 5.32 Å². The summed E-state index contributed by atoms with van der Waals surface area (Å²) >= 11 is 5.53. The highest BCUT2D eigenvalue weighted by Crippen LogP contribution is 2.00. The Hall–Kier alpha value is -0.170. The third-order valence-electron chi connectivity index (χ3n) is 0.680. The molecule has 6 heavy (non-hydrogen) atoms. The van der Waals surface area contributed by atoms with Gasteiger partial charge in [-0.1, -0.05) is 0 Å². The molecule has 0 aromatic heterocycles. The molecular formula is C4H5ClN. The smallest absolute Gasteiger partial charge is 0.0728 e. The Morgan fingerprint density at radius 3 is 2.83 bits per heavy atom. The lowest BCUT2D eigenvalue weighted by molar-refractivity contribution is 0.905. The number of hydrogen-bond acceptors (Lipinski definition) is 0. The fraction of sp³-hybridized carbons (Fsp3) is 0.500. The Labute approximate surface area is 42.0 Å². The molecule has 33 valence electrons. The predicted octanol–water partition coefficient (Wildman–Crippen LogP) is 0.725. The van der Waals surface area contributed by atoms with Crippen LogP contribution in [0.3, 0.4) is 0 Å². The van der Waals surface area contributed by atoms with Crippen LogP contribution in [0.15, 0.2) is 12.3 Å². The molecule has 0 saturated carbocycles. The number of hydrogen-bond donors (Lipinski definition) is 0. The van der Waals surface area contributed by atoms with E-state index in [1.807, 2.05) is 6.08 Å². The third-order valence-corrected chi connectivity index (χ3v) is 0.964. The van der Waals surface area contributed by atoms with Gasteiger partial charge in [-0.05, 0) is 6.08 Å². The second-order valence-electron chi connectivity index (χ2n) is 1.22. The van der Waals surface area contributed by atoms with Crippen molar-refractivity contribution in [3.05, 3.63) is 12.3 Å². The molecule has 1 heterocycles. The number of halogens is 1. The van der Waals surface area contributed by atoms with Gasteiger partial charge in [-0.3, -0.25) is 5.32 Å². The van der Waals surface area contributed by atoms with Crippen molar-refractivity contribution >= 4 is 11.6 Å². The molecule has 0 aliphatic carbocycles. The minimum Gasteiger partial charge on any atom is -0.292 e. The van der Waals surface area contributed by atoms with Gasteiger partial charge in [0.25, 0.3) is 0 Å². The molecule has 0 N–H and O–H groups in total. The molecule has 1 rings (SSSR count). The van der Waals surface area contributed by atoms with Crippen LogP contribution < -0.4 is 5.32 Å². The molecule has 0 saturated heterocycles. The quantitative estimate of drug-likeness (QED) is 0.401. The molecule has 1 nitrogen and oxygen atoms in total. The van der Waals surface area contributed by atoms with Crippen LogP contribution in [0.4, 0.5) is 0 Å². The average Bonchev–Trinajstić information content (AvgIpc) is 1.86. The van der Waals surface area contributed by atoms with Crippen LogP contribution in [-0.4, -0.2) is 11.9 Å². The minimum atomic E-state index is 0.171. The lowest BCUT2D eigenvalue weighted by atomic mass is 10.5. The summed E-state index contributed by atoms with van der Waals surface area (Å²) in [5, 5.41) is 4.02. The van der Waals surface area contributed by atoms with Gasteiger partial charge in [-0.2, -0.15) is 0 Å². The molecule has 0 amide bonds. The fourth-order valence-electron chi connectivity index (χ4n) is 0.377. The summed E-state index contributed by atoms with van der Waals surface area (Å²) in [5.41, 5.74) is 0. The molecule has 0 bridgehead atoms. The monoisotopic (exact) mass is 102 g/mol. The van der Waals surface area contributed by atoms with Crippen LogP contribution in [0, 0.1) is 0 Å². The highest BCUT2D eigenvalue weighted by molar-refractivity contribution is 6.22. The van der Waals surface area contributed by atoms with Crippen molar-refractivity contribution in [2.45, 2.75) is 5.38 Å².